The fourth-order valence-electron chi connectivity index (χ4n) is 2.55. The van der Waals surface area contributed by atoms with E-state index in [9.17, 15) is 14.4 Å². The predicted molar refractivity (Wildman–Crippen MR) is 102 cm³/mol. The molecule has 0 aromatic heterocycles. The van der Waals surface area contributed by atoms with Crippen LogP contribution in [0.3, 0.4) is 0 Å². The Bertz CT molecular complexity index is 777. The first-order valence-electron chi connectivity index (χ1n) is 8.81. The number of carboxylic acids is 1. The zero-order chi connectivity index (χ0) is 19.8. The van der Waals surface area contributed by atoms with Crippen molar-refractivity contribution in [2.24, 2.45) is 5.92 Å². The molecule has 2 aromatic rings. The van der Waals surface area contributed by atoms with E-state index in [4.69, 9.17) is 5.11 Å². The van der Waals surface area contributed by atoms with Crippen molar-refractivity contribution in [1.29, 1.82) is 0 Å². The highest BCUT2D eigenvalue weighted by atomic mass is 16.4. The van der Waals surface area contributed by atoms with Gasteiger partial charge in [0, 0.05) is 18.0 Å². The highest BCUT2D eigenvalue weighted by Crippen LogP contribution is 2.08. The van der Waals surface area contributed by atoms with Crippen LogP contribution in [-0.2, 0) is 16.0 Å². The van der Waals surface area contributed by atoms with Crippen LogP contribution in [0, 0.1) is 5.92 Å². The summed E-state index contributed by atoms with van der Waals surface area (Å²) in [6, 6.07) is 16.6. The lowest BCUT2D eigenvalue weighted by atomic mass is 10.0. The van der Waals surface area contributed by atoms with Gasteiger partial charge >= 0.3 is 5.97 Å². The van der Waals surface area contributed by atoms with Crippen LogP contribution in [0.1, 0.15) is 29.8 Å². The zero-order valence-electron chi connectivity index (χ0n) is 15.4. The van der Waals surface area contributed by atoms with E-state index in [0.717, 1.165) is 5.56 Å². The first-order chi connectivity index (χ1) is 12.9. The molecule has 0 aliphatic rings. The van der Waals surface area contributed by atoms with Gasteiger partial charge < -0.3 is 15.7 Å². The molecule has 2 aromatic carbocycles. The molecule has 6 heteroatoms. The van der Waals surface area contributed by atoms with Gasteiger partial charge in [-0.1, -0.05) is 48.5 Å². The number of aliphatic carboxylic acids is 1. The summed E-state index contributed by atoms with van der Waals surface area (Å²) in [5, 5.41) is 14.6. The van der Waals surface area contributed by atoms with Gasteiger partial charge in [-0.25, -0.2) is 0 Å². The second-order valence-corrected chi connectivity index (χ2v) is 6.51. The van der Waals surface area contributed by atoms with Crippen LogP contribution >= 0.6 is 0 Å². The minimum atomic E-state index is -0.990. The third-order valence-corrected chi connectivity index (χ3v) is 4.45. The third kappa shape index (κ3) is 5.95. The lowest BCUT2D eigenvalue weighted by Gasteiger charge is -2.23. The minimum Gasteiger partial charge on any atom is -0.481 e. The van der Waals surface area contributed by atoms with Gasteiger partial charge in [0.2, 0.25) is 5.91 Å². The maximum Gasteiger partial charge on any atom is 0.308 e. The van der Waals surface area contributed by atoms with E-state index in [2.05, 4.69) is 10.6 Å². The van der Waals surface area contributed by atoms with E-state index in [1.807, 2.05) is 30.3 Å². The zero-order valence-corrected chi connectivity index (χ0v) is 15.4. The van der Waals surface area contributed by atoms with Gasteiger partial charge in [-0.3, -0.25) is 14.4 Å². The minimum absolute atomic E-state index is 0.305. The number of hydrogen-bond acceptors (Lipinski definition) is 3. The molecule has 0 spiro atoms. The Hall–Kier alpha value is -3.15. The number of hydrogen-bond donors (Lipinski definition) is 3. The maximum absolute atomic E-state index is 12.7. The summed E-state index contributed by atoms with van der Waals surface area (Å²) in [5.41, 5.74) is 1.35. The Morgan fingerprint density at radius 2 is 1.44 bits per heavy atom. The second-order valence-electron chi connectivity index (χ2n) is 6.51. The number of amides is 2. The van der Waals surface area contributed by atoms with Crippen molar-refractivity contribution in [2.75, 3.05) is 0 Å². The van der Waals surface area contributed by atoms with Gasteiger partial charge in [-0.15, -0.1) is 0 Å². The Labute approximate surface area is 158 Å². The normalized spacial score (nSPS) is 13.9. The molecule has 0 saturated heterocycles. The van der Waals surface area contributed by atoms with Crippen molar-refractivity contribution in [3.63, 3.8) is 0 Å². The molecule has 0 saturated carbocycles. The molecule has 0 aliphatic heterocycles. The van der Waals surface area contributed by atoms with Crippen LogP contribution in [0.25, 0.3) is 0 Å². The molecule has 3 N–H and O–H groups in total. The summed E-state index contributed by atoms with van der Waals surface area (Å²) in [6.07, 6.45) is 0.305. The van der Waals surface area contributed by atoms with Crippen molar-refractivity contribution in [1.82, 2.24) is 10.6 Å². The molecule has 0 bridgehead atoms. The van der Waals surface area contributed by atoms with Crippen LogP contribution < -0.4 is 10.6 Å². The maximum atomic E-state index is 12.7. The smallest absolute Gasteiger partial charge is 0.308 e. The molecule has 0 radical (unpaired) electrons. The fraction of sp³-hybridized carbons (Fsp3) is 0.286. The Kier molecular flexibility index (Phi) is 7.11. The Morgan fingerprint density at radius 1 is 0.889 bits per heavy atom. The summed E-state index contributed by atoms with van der Waals surface area (Å²) in [4.78, 5) is 36.4. The van der Waals surface area contributed by atoms with Gasteiger partial charge in [0.25, 0.3) is 5.91 Å². The van der Waals surface area contributed by atoms with E-state index in [0.29, 0.717) is 12.0 Å². The van der Waals surface area contributed by atoms with E-state index in [-0.39, 0.29) is 5.91 Å². The molecule has 3 atom stereocenters. The van der Waals surface area contributed by atoms with Crippen LogP contribution in [0.5, 0.6) is 0 Å². The second kappa shape index (κ2) is 9.52. The molecular weight excluding hydrogens is 344 g/mol. The summed E-state index contributed by atoms with van der Waals surface area (Å²) < 4.78 is 0. The van der Waals surface area contributed by atoms with Crippen molar-refractivity contribution in [2.45, 2.75) is 32.4 Å². The number of rotatable bonds is 8. The highest BCUT2D eigenvalue weighted by molar-refractivity contribution is 5.97. The largest absolute Gasteiger partial charge is 0.481 e. The van der Waals surface area contributed by atoms with Gasteiger partial charge in [-0.05, 0) is 31.5 Å². The fourth-order valence-corrected chi connectivity index (χ4v) is 2.55. The number of carbonyl (C=O) groups excluding carboxylic acids is 2. The molecule has 142 valence electrons. The van der Waals surface area contributed by atoms with Gasteiger partial charge in [0.05, 0.1) is 5.92 Å². The van der Waals surface area contributed by atoms with Crippen LogP contribution in [0.4, 0.5) is 0 Å². The number of benzene rings is 2. The van der Waals surface area contributed by atoms with Crippen molar-refractivity contribution < 1.29 is 19.5 Å². The molecule has 2 amide bonds. The van der Waals surface area contributed by atoms with Crippen molar-refractivity contribution in [3.8, 4) is 0 Å². The summed E-state index contributed by atoms with van der Waals surface area (Å²) >= 11 is 0. The predicted octanol–water partition coefficient (Wildman–Crippen LogP) is 2.25. The molecule has 0 fully saturated rings. The highest BCUT2D eigenvalue weighted by Gasteiger charge is 2.26. The summed E-state index contributed by atoms with van der Waals surface area (Å²) in [6.45, 7) is 3.16. The van der Waals surface area contributed by atoms with Gasteiger partial charge in [-0.2, -0.15) is 0 Å². The average Bonchev–Trinajstić information content (AvgIpc) is 2.68. The lowest BCUT2D eigenvalue weighted by Crippen LogP contribution is -2.52. The number of carboxylic acid groups (broad SMARTS) is 1. The van der Waals surface area contributed by atoms with Crippen LogP contribution in [-0.4, -0.2) is 35.0 Å². The summed E-state index contributed by atoms with van der Waals surface area (Å²) in [5.74, 6) is -2.50. The first kappa shape index (κ1) is 20.2. The van der Waals surface area contributed by atoms with E-state index >= 15 is 0 Å². The first-order valence-corrected chi connectivity index (χ1v) is 8.81. The van der Waals surface area contributed by atoms with Crippen LogP contribution in [0.2, 0.25) is 0 Å². The van der Waals surface area contributed by atoms with Crippen molar-refractivity contribution >= 4 is 17.8 Å². The molecule has 3 unspecified atom stereocenters. The Balaban J connectivity index is 2.14. The molecule has 0 heterocycles. The monoisotopic (exact) mass is 368 g/mol. The lowest BCUT2D eigenvalue weighted by molar-refractivity contribution is -0.142. The average molecular weight is 368 g/mol. The summed E-state index contributed by atoms with van der Waals surface area (Å²) in [7, 11) is 0. The van der Waals surface area contributed by atoms with Crippen LogP contribution in [0.15, 0.2) is 60.7 Å². The van der Waals surface area contributed by atoms with Crippen molar-refractivity contribution in [3.05, 3.63) is 71.8 Å². The topological polar surface area (TPSA) is 95.5 Å². The molecular formula is C21H24N2O4. The quantitative estimate of drug-likeness (QED) is 0.666. The standard InChI is InChI=1S/C21H24N2O4/c1-14(21(26)27)15(2)22-20(25)18(13-16-9-5-3-6-10-16)23-19(24)17-11-7-4-8-12-17/h3-12,14-15,18H,13H2,1-2H3,(H,22,25)(H,23,24)(H,26,27). The number of carbonyl (C=O) groups is 3. The Morgan fingerprint density at radius 3 is 2.00 bits per heavy atom. The van der Waals surface area contributed by atoms with E-state index in [1.54, 1.807) is 37.3 Å². The molecule has 27 heavy (non-hydrogen) atoms. The van der Waals surface area contributed by atoms with Gasteiger partial charge in [0.15, 0.2) is 0 Å². The molecule has 0 aliphatic carbocycles. The van der Waals surface area contributed by atoms with E-state index < -0.39 is 29.9 Å². The molecule has 2 rings (SSSR count). The third-order valence-electron chi connectivity index (χ3n) is 4.45. The van der Waals surface area contributed by atoms with E-state index in [1.165, 1.54) is 6.92 Å². The SMILES string of the molecule is CC(NC(=O)C(Cc1ccccc1)NC(=O)c1ccccc1)C(C)C(=O)O. The molecule has 6 nitrogen and oxygen atoms in total. The van der Waals surface area contributed by atoms with Gasteiger partial charge in [0.1, 0.15) is 6.04 Å². The number of nitrogens with one attached hydrogen (secondary N) is 2.